The summed E-state index contributed by atoms with van der Waals surface area (Å²) in [5.41, 5.74) is 1.17. The van der Waals surface area contributed by atoms with Crippen molar-refractivity contribution < 1.29 is 22.5 Å². The molecule has 2 aromatic heterocycles. The van der Waals surface area contributed by atoms with E-state index in [9.17, 15) is 8.78 Å². The van der Waals surface area contributed by atoms with Crippen LogP contribution in [0.2, 0.25) is 0 Å². The van der Waals surface area contributed by atoms with Crippen LogP contribution in [-0.2, 0) is 6.42 Å². The summed E-state index contributed by atoms with van der Waals surface area (Å²) < 4.78 is 41.5. The number of halogens is 2. The quantitative estimate of drug-likeness (QED) is 0.667. The zero-order valence-corrected chi connectivity index (χ0v) is 13.4. The smallest absolute Gasteiger partial charge is 0.288 e. The summed E-state index contributed by atoms with van der Waals surface area (Å²) >= 11 is 0. The summed E-state index contributed by atoms with van der Waals surface area (Å²) in [6.07, 6.45) is 1.90. The number of aryl methyl sites for hydroxylation is 1. The molecule has 0 amide bonds. The van der Waals surface area contributed by atoms with Crippen molar-refractivity contribution in [3.05, 3.63) is 36.4 Å². The van der Waals surface area contributed by atoms with E-state index in [1.54, 1.807) is 24.3 Å². The fraction of sp³-hybridized carbons (Fsp3) is 0.353. The van der Waals surface area contributed by atoms with E-state index in [1.165, 1.54) is 6.26 Å². The van der Waals surface area contributed by atoms with E-state index < -0.39 is 12.0 Å². The average Bonchev–Trinajstić information content (AvgIpc) is 3.03. The summed E-state index contributed by atoms with van der Waals surface area (Å²) in [5.74, 6) is -1.07. The molecule has 6 nitrogen and oxygen atoms in total. The van der Waals surface area contributed by atoms with E-state index in [0.717, 1.165) is 12.8 Å². The van der Waals surface area contributed by atoms with Crippen LogP contribution in [0.25, 0.3) is 23.0 Å². The van der Waals surface area contributed by atoms with E-state index in [0.29, 0.717) is 34.6 Å². The topological polar surface area (TPSA) is 74.2 Å². The molecular formula is C17H15F2N3O3. The second-order valence-electron chi connectivity index (χ2n) is 5.90. The van der Waals surface area contributed by atoms with E-state index in [1.807, 2.05) is 6.92 Å². The van der Waals surface area contributed by atoms with Crippen LogP contribution in [0.3, 0.4) is 0 Å². The zero-order chi connectivity index (χ0) is 17.4. The fourth-order valence-corrected chi connectivity index (χ4v) is 2.34. The number of benzene rings is 1. The first-order valence-electron chi connectivity index (χ1n) is 7.98. The Labute approximate surface area is 141 Å². The predicted molar refractivity (Wildman–Crippen MR) is 83.2 cm³/mol. The minimum Gasteiger partial charge on any atom is -0.484 e. The maximum Gasteiger partial charge on any atom is 0.288 e. The fourth-order valence-electron chi connectivity index (χ4n) is 2.34. The van der Waals surface area contributed by atoms with Gasteiger partial charge in [-0.3, -0.25) is 0 Å². The Balaban J connectivity index is 1.47. The molecule has 4 rings (SSSR count). The molecule has 0 N–H and O–H groups in total. The van der Waals surface area contributed by atoms with Crippen LogP contribution in [0.15, 0.2) is 39.5 Å². The molecule has 0 radical (unpaired) electrons. The van der Waals surface area contributed by atoms with Crippen LogP contribution < -0.4 is 4.74 Å². The summed E-state index contributed by atoms with van der Waals surface area (Å²) in [4.78, 5) is 8.59. The third kappa shape index (κ3) is 3.24. The lowest BCUT2D eigenvalue weighted by Crippen LogP contribution is -2.06. The van der Waals surface area contributed by atoms with Crippen LogP contribution >= 0.6 is 0 Å². The standard InChI is InChI=1S/C17H15F2N3O3/c1-2-3-14-20-12(9-23-14)15-21-16(25-22-15)10-4-6-11(7-5-10)24-13-8-17(13,18)19/h4-7,9,13H,2-3,8H2,1H3. The second-order valence-corrected chi connectivity index (χ2v) is 5.90. The monoisotopic (exact) mass is 347 g/mol. The lowest BCUT2D eigenvalue weighted by Gasteiger charge is -2.04. The van der Waals surface area contributed by atoms with Crippen molar-refractivity contribution in [3.8, 4) is 28.7 Å². The number of ether oxygens (including phenoxy) is 1. The lowest BCUT2D eigenvalue weighted by atomic mass is 10.2. The van der Waals surface area contributed by atoms with Crippen LogP contribution in [0.1, 0.15) is 25.7 Å². The van der Waals surface area contributed by atoms with Gasteiger partial charge in [-0.1, -0.05) is 12.1 Å². The van der Waals surface area contributed by atoms with Gasteiger partial charge in [-0.15, -0.1) is 0 Å². The third-order valence-electron chi connectivity index (χ3n) is 3.82. The van der Waals surface area contributed by atoms with Gasteiger partial charge in [-0.25, -0.2) is 13.8 Å². The van der Waals surface area contributed by atoms with Crippen molar-refractivity contribution in [2.24, 2.45) is 0 Å². The van der Waals surface area contributed by atoms with Gasteiger partial charge in [0.05, 0.1) is 6.42 Å². The maximum atomic E-state index is 12.9. The summed E-state index contributed by atoms with van der Waals surface area (Å²) in [5, 5.41) is 3.90. The van der Waals surface area contributed by atoms with Crippen LogP contribution in [-0.4, -0.2) is 27.2 Å². The van der Waals surface area contributed by atoms with Gasteiger partial charge in [-0.2, -0.15) is 4.98 Å². The molecule has 0 bridgehead atoms. The number of hydrogen-bond acceptors (Lipinski definition) is 6. The number of alkyl halides is 2. The summed E-state index contributed by atoms with van der Waals surface area (Å²) in [6, 6.07) is 6.56. The molecule has 0 aliphatic heterocycles. The molecule has 2 heterocycles. The first-order valence-corrected chi connectivity index (χ1v) is 7.98. The van der Waals surface area contributed by atoms with Crippen molar-refractivity contribution >= 4 is 0 Å². The molecule has 0 spiro atoms. The van der Waals surface area contributed by atoms with E-state index >= 15 is 0 Å². The largest absolute Gasteiger partial charge is 0.484 e. The second kappa shape index (κ2) is 5.94. The van der Waals surface area contributed by atoms with Crippen LogP contribution in [0.4, 0.5) is 8.78 Å². The molecule has 25 heavy (non-hydrogen) atoms. The number of rotatable bonds is 6. The Bertz CT molecular complexity index is 873. The molecule has 1 unspecified atom stereocenters. The lowest BCUT2D eigenvalue weighted by molar-refractivity contribution is 0.0665. The Morgan fingerprint density at radius 1 is 1.24 bits per heavy atom. The number of nitrogens with zero attached hydrogens (tertiary/aromatic N) is 3. The highest BCUT2D eigenvalue weighted by molar-refractivity contribution is 5.57. The highest BCUT2D eigenvalue weighted by Crippen LogP contribution is 2.44. The van der Waals surface area contributed by atoms with Gasteiger partial charge >= 0.3 is 0 Å². The summed E-state index contributed by atoms with van der Waals surface area (Å²) in [6.45, 7) is 2.04. The Kier molecular flexibility index (Phi) is 3.74. The van der Waals surface area contributed by atoms with Crippen LogP contribution in [0.5, 0.6) is 5.75 Å². The minimum atomic E-state index is -2.71. The molecule has 1 saturated carbocycles. The Hall–Kier alpha value is -2.77. The predicted octanol–water partition coefficient (Wildman–Crippen LogP) is 4.13. The normalized spacial score (nSPS) is 18.3. The van der Waals surface area contributed by atoms with E-state index in [-0.39, 0.29) is 6.42 Å². The minimum absolute atomic E-state index is 0.237. The highest BCUT2D eigenvalue weighted by Gasteiger charge is 2.59. The third-order valence-corrected chi connectivity index (χ3v) is 3.82. The van der Waals surface area contributed by atoms with Crippen molar-refractivity contribution in [2.75, 3.05) is 0 Å². The van der Waals surface area contributed by atoms with Gasteiger partial charge in [0, 0.05) is 12.0 Å². The van der Waals surface area contributed by atoms with Gasteiger partial charge < -0.3 is 13.7 Å². The van der Waals surface area contributed by atoms with Crippen molar-refractivity contribution in [3.63, 3.8) is 0 Å². The molecule has 130 valence electrons. The molecule has 1 aliphatic carbocycles. The average molecular weight is 347 g/mol. The Morgan fingerprint density at radius 2 is 2.00 bits per heavy atom. The number of aromatic nitrogens is 3. The molecule has 1 aromatic carbocycles. The first kappa shape index (κ1) is 15.7. The number of oxazole rings is 1. The molecule has 3 aromatic rings. The van der Waals surface area contributed by atoms with Crippen molar-refractivity contribution in [1.82, 2.24) is 15.1 Å². The van der Waals surface area contributed by atoms with Gasteiger partial charge in [0.2, 0.25) is 5.82 Å². The van der Waals surface area contributed by atoms with E-state index in [4.69, 9.17) is 13.7 Å². The van der Waals surface area contributed by atoms with Crippen molar-refractivity contribution in [2.45, 2.75) is 38.2 Å². The summed E-state index contributed by atoms with van der Waals surface area (Å²) in [7, 11) is 0. The van der Waals surface area contributed by atoms with Gasteiger partial charge in [-0.05, 0) is 30.7 Å². The molecular weight excluding hydrogens is 332 g/mol. The molecule has 1 fully saturated rings. The molecule has 1 aliphatic rings. The zero-order valence-electron chi connectivity index (χ0n) is 13.4. The van der Waals surface area contributed by atoms with Gasteiger partial charge in [0.15, 0.2) is 12.0 Å². The number of hydrogen-bond donors (Lipinski definition) is 0. The highest BCUT2D eigenvalue weighted by atomic mass is 19.3. The van der Waals surface area contributed by atoms with Crippen LogP contribution in [0, 0.1) is 0 Å². The molecule has 8 heteroatoms. The van der Waals surface area contributed by atoms with Crippen molar-refractivity contribution in [1.29, 1.82) is 0 Å². The van der Waals surface area contributed by atoms with E-state index in [2.05, 4.69) is 15.1 Å². The SMILES string of the molecule is CCCc1nc(-c2noc(-c3ccc(OC4CC4(F)F)cc3)n2)co1. The molecule has 0 saturated heterocycles. The van der Waals surface area contributed by atoms with Gasteiger partial charge in [0.1, 0.15) is 17.7 Å². The maximum absolute atomic E-state index is 12.9. The molecule has 1 atom stereocenters. The Morgan fingerprint density at radius 3 is 2.68 bits per heavy atom. The first-order chi connectivity index (χ1) is 12.0. The van der Waals surface area contributed by atoms with Gasteiger partial charge in [0.25, 0.3) is 11.8 Å².